The number of nitrogen functional groups attached to an aromatic ring is 1. The number of nitrogens with zero attached hydrogens (tertiary/aromatic N) is 1. The molecule has 0 atom stereocenters. The molecule has 0 aliphatic heterocycles. The predicted octanol–water partition coefficient (Wildman–Crippen LogP) is 4.51. The van der Waals surface area contributed by atoms with Gasteiger partial charge in [-0.2, -0.15) is 0 Å². The molecule has 20 heavy (non-hydrogen) atoms. The molecule has 0 radical (unpaired) electrons. The maximum absolute atomic E-state index is 13.9. The third-order valence-corrected chi connectivity index (χ3v) is 3.59. The lowest BCUT2D eigenvalue weighted by atomic mass is 10.2. The minimum absolute atomic E-state index is 0.00128. The van der Waals surface area contributed by atoms with Crippen LogP contribution in [0.25, 0.3) is 22.4 Å². The van der Waals surface area contributed by atoms with Crippen LogP contribution < -0.4 is 5.73 Å². The summed E-state index contributed by atoms with van der Waals surface area (Å²) in [5, 5.41) is -0.274. The lowest BCUT2D eigenvalue weighted by Crippen LogP contribution is -1.90. The van der Waals surface area contributed by atoms with Gasteiger partial charge in [0, 0.05) is 4.47 Å². The van der Waals surface area contributed by atoms with Crippen molar-refractivity contribution in [1.29, 1.82) is 0 Å². The van der Waals surface area contributed by atoms with Crippen molar-refractivity contribution >= 4 is 44.3 Å². The molecule has 2 aromatic carbocycles. The van der Waals surface area contributed by atoms with E-state index in [0.717, 1.165) is 16.6 Å². The van der Waals surface area contributed by atoms with Gasteiger partial charge in [0.1, 0.15) is 23.0 Å². The van der Waals surface area contributed by atoms with Crippen LogP contribution in [0.15, 0.2) is 28.7 Å². The van der Waals surface area contributed by atoms with E-state index in [-0.39, 0.29) is 16.4 Å². The fraction of sp³-hybridized carbons (Fsp3) is 0. The van der Waals surface area contributed by atoms with Crippen molar-refractivity contribution in [1.82, 2.24) is 9.97 Å². The van der Waals surface area contributed by atoms with E-state index >= 15 is 0 Å². The summed E-state index contributed by atoms with van der Waals surface area (Å²) in [7, 11) is 0. The second-order valence-corrected chi connectivity index (χ2v) is 5.55. The van der Waals surface area contributed by atoms with E-state index in [1.54, 1.807) is 12.1 Å². The Morgan fingerprint density at radius 2 is 1.90 bits per heavy atom. The molecule has 3 N–H and O–H groups in total. The lowest BCUT2D eigenvalue weighted by Gasteiger charge is -2.01. The summed E-state index contributed by atoms with van der Waals surface area (Å²) in [5.74, 6) is -1.18. The van der Waals surface area contributed by atoms with Gasteiger partial charge in [-0.1, -0.05) is 27.5 Å². The van der Waals surface area contributed by atoms with Crippen LogP contribution in [0.4, 0.5) is 14.5 Å². The zero-order valence-corrected chi connectivity index (χ0v) is 12.2. The fourth-order valence-corrected chi connectivity index (χ4v) is 2.57. The SMILES string of the molecule is Nc1cc(Br)cc2[nH]c(-c3cc(F)c(Cl)cc3F)nc12. The molecule has 0 bridgehead atoms. The summed E-state index contributed by atoms with van der Waals surface area (Å²) >= 11 is 8.83. The number of fused-ring (bicyclic) bond motifs is 1. The van der Waals surface area contributed by atoms with Crippen LogP contribution in [0.5, 0.6) is 0 Å². The topological polar surface area (TPSA) is 54.7 Å². The Morgan fingerprint density at radius 1 is 1.15 bits per heavy atom. The highest BCUT2D eigenvalue weighted by atomic mass is 79.9. The Labute approximate surface area is 125 Å². The van der Waals surface area contributed by atoms with E-state index in [9.17, 15) is 8.78 Å². The number of hydrogen-bond acceptors (Lipinski definition) is 2. The molecule has 1 heterocycles. The number of nitrogens with one attached hydrogen (secondary N) is 1. The highest BCUT2D eigenvalue weighted by molar-refractivity contribution is 9.10. The van der Waals surface area contributed by atoms with Gasteiger partial charge >= 0.3 is 0 Å². The Hall–Kier alpha value is -1.66. The van der Waals surface area contributed by atoms with E-state index in [0.29, 0.717) is 16.7 Å². The number of nitrogens with two attached hydrogens (primary N) is 1. The summed E-state index contributed by atoms with van der Waals surface area (Å²) in [5.41, 5.74) is 7.40. The Kier molecular flexibility index (Phi) is 3.14. The summed E-state index contributed by atoms with van der Waals surface area (Å²) in [6.45, 7) is 0. The molecule has 0 fully saturated rings. The van der Waals surface area contributed by atoms with Crippen molar-refractivity contribution in [2.75, 3.05) is 5.73 Å². The molecular formula is C13H7BrClF2N3. The van der Waals surface area contributed by atoms with E-state index in [1.807, 2.05) is 0 Å². The third-order valence-electron chi connectivity index (χ3n) is 2.85. The van der Waals surface area contributed by atoms with Crippen LogP contribution in [-0.2, 0) is 0 Å². The molecule has 3 aromatic rings. The van der Waals surface area contributed by atoms with Gasteiger partial charge in [-0.15, -0.1) is 0 Å². The number of aromatic amines is 1. The fourth-order valence-electron chi connectivity index (χ4n) is 1.94. The first-order chi connectivity index (χ1) is 9.45. The molecule has 102 valence electrons. The van der Waals surface area contributed by atoms with E-state index < -0.39 is 11.6 Å². The highest BCUT2D eigenvalue weighted by Gasteiger charge is 2.15. The van der Waals surface area contributed by atoms with Crippen LogP contribution in [0, 0.1) is 11.6 Å². The van der Waals surface area contributed by atoms with Crippen molar-refractivity contribution in [2.45, 2.75) is 0 Å². The van der Waals surface area contributed by atoms with Crippen molar-refractivity contribution in [2.24, 2.45) is 0 Å². The average Bonchev–Trinajstić information content (AvgIpc) is 2.77. The smallest absolute Gasteiger partial charge is 0.142 e. The monoisotopic (exact) mass is 357 g/mol. The second kappa shape index (κ2) is 4.71. The molecule has 1 aromatic heterocycles. The van der Waals surface area contributed by atoms with Crippen molar-refractivity contribution in [3.8, 4) is 11.4 Å². The van der Waals surface area contributed by atoms with Crippen LogP contribution in [-0.4, -0.2) is 9.97 Å². The molecule has 3 nitrogen and oxygen atoms in total. The Morgan fingerprint density at radius 3 is 2.65 bits per heavy atom. The molecule has 0 spiro atoms. The van der Waals surface area contributed by atoms with Crippen molar-refractivity contribution < 1.29 is 8.78 Å². The standard InChI is InChI=1S/C13H7BrClF2N3/c14-5-1-10(18)12-11(2-5)19-13(20-12)6-3-9(17)7(15)4-8(6)16/h1-4H,18H2,(H,19,20). The normalized spacial score (nSPS) is 11.2. The van der Waals surface area contributed by atoms with Crippen LogP contribution in [0.3, 0.4) is 0 Å². The molecule has 3 rings (SSSR count). The van der Waals surface area contributed by atoms with Gasteiger partial charge in [-0.05, 0) is 24.3 Å². The maximum Gasteiger partial charge on any atom is 0.142 e. The zero-order chi connectivity index (χ0) is 14.4. The molecule has 7 heteroatoms. The van der Waals surface area contributed by atoms with Gasteiger partial charge in [0.25, 0.3) is 0 Å². The van der Waals surface area contributed by atoms with Crippen LogP contribution >= 0.6 is 27.5 Å². The number of rotatable bonds is 1. The lowest BCUT2D eigenvalue weighted by molar-refractivity contribution is 0.602. The van der Waals surface area contributed by atoms with Crippen molar-refractivity contribution in [3.05, 3.63) is 45.4 Å². The van der Waals surface area contributed by atoms with Gasteiger partial charge in [-0.3, -0.25) is 0 Å². The maximum atomic E-state index is 13.9. The molecule has 0 aliphatic rings. The molecule has 0 saturated heterocycles. The molecular weight excluding hydrogens is 352 g/mol. The van der Waals surface area contributed by atoms with Gasteiger partial charge in [0.15, 0.2) is 0 Å². The predicted molar refractivity (Wildman–Crippen MR) is 78.6 cm³/mol. The van der Waals surface area contributed by atoms with E-state index in [4.69, 9.17) is 17.3 Å². The summed E-state index contributed by atoms with van der Waals surface area (Å²) < 4.78 is 28.1. The first kappa shape index (κ1) is 13.3. The molecule has 0 unspecified atom stereocenters. The summed E-state index contributed by atoms with van der Waals surface area (Å²) in [6, 6.07) is 5.36. The van der Waals surface area contributed by atoms with E-state index in [2.05, 4.69) is 25.9 Å². The highest BCUT2D eigenvalue weighted by Crippen LogP contribution is 2.30. The van der Waals surface area contributed by atoms with Crippen LogP contribution in [0.1, 0.15) is 0 Å². The summed E-state index contributed by atoms with van der Waals surface area (Å²) in [4.78, 5) is 7.11. The average molecular weight is 359 g/mol. The second-order valence-electron chi connectivity index (χ2n) is 4.22. The number of hydrogen-bond donors (Lipinski definition) is 2. The quantitative estimate of drug-likeness (QED) is 0.497. The zero-order valence-electron chi connectivity index (χ0n) is 9.85. The Balaban J connectivity index is 2.25. The van der Waals surface area contributed by atoms with Gasteiger partial charge in [0.05, 0.1) is 21.8 Å². The number of benzene rings is 2. The first-order valence-corrected chi connectivity index (χ1v) is 6.72. The molecule has 0 saturated carbocycles. The largest absolute Gasteiger partial charge is 0.397 e. The number of H-pyrrole nitrogens is 1. The van der Waals surface area contributed by atoms with Crippen LogP contribution in [0.2, 0.25) is 5.02 Å². The number of imidazole rings is 1. The van der Waals surface area contributed by atoms with Crippen molar-refractivity contribution in [3.63, 3.8) is 0 Å². The summed E-state index contributed by atoms with van der Waals surface area (Å²) in [6.07, 6.45) is 0. The van der Waals surface area contributed by atoms with Gasteiger partial charge < -0.3 is 10.7 Å². The Bertz CT molecular complexity index is 832. The van der Waals surface area contributed by atoms with Gasteiger partial charge in [0.2, 0.25) is 0 Å². The molecule has 0 aliphatic carbocycles. The minimum Gasteiger partial charge on any atom is -0.397 e. The number of aromatic nitrogens is 2. The van der Waals surface area contributed by atoms with E-state index in [1.165, 1.54) is 0 Å². The molecule has 0 amide bonds. The number of halogens is 4. The third kappa shape index (κ3) is 2.14. The number of anilines is 1. The minimum atomic E-state index is -0.710. The first-order valence-electron chi connectivity index (χ1n) is 5.55. The van der Waals surface area contributed by atoms with Gasteiger partial charge in [-0.25, -0.2) is 13.8 Å².